The van der Waals surface area contributed by atoms with Crippen molar-refractivity contribution in [1.82, 2.24) is 29.0 Å². The predicted molar refractivity (Wildman–Crippen MR) is 103 cm³/mol. The number of aromatic nitrogens is 5. The Bertz CT molecular complexity index is 1110. The molecule has 10 heteroatoms. The maximum Gasteiger partial charge on any atom is 0.262 e. The third-order valence-electron chi connectivity index (χ3n) is 6.01. The lowest BCUT2D eigenvalue weighted by Crippen LogP contribution is -2.46. The van der Waals surface area contributed by atoms with Crippen molar-refractivity contribution in [1.29, 1.82) is 0 Å². The van der Waals surface area contributed by atoms with Gasteiger partial charge in [0.25, 0.3) is 10.0 Å². The van der Waals surface area contributed by atoms with Crippen LogP contribution in [0.15, 0.2) is 40.3 Å². The first-order valence-corrected chi connectivity index (χ1v) is 11.1. The molecule has 5 rings (SSSR count). The summed E-state index contributed by atoms with van der Waals surface area (Å²) in [7, 11) is -1.81. The van der Waals surface area contributed by atoms with Gasteiger partial charge in [-0.15, -0.1) is 0 Å². The van der Waals surface area contributed by atoms with E-state index in [2.05, 4.69) is 20.1 Å². The van der Waals surface area contributed by atoms with E-state index in [0.29, 0.717) is 30.4 Å². The van der Waals surface area contributed by atoms with Crippen LogP contribution in [0.1, 0.15) is 43.3 Å². The number of fused-ring (bicyclic) bond motifs is 2. The minimum absolute atomic E-state index is 0.0577. The average Bonchev–Trinajstić information content (AvgIpc) is 3.40. The number of rotatable bonds is 4. The molecule has 2 aliphatic heterocycles. The summed E-state index contributed by atoms with van der Waals surface area (Å²) in [4.78, 5) is 12.9. The summed E-state index contributed by atoms with van der Waals surface area (Å²) < 4.78 is 35.4. The molecular weight excluding hydrogens is 392 g/mol. The highest BCUT2D eigenvalue weighted by molar-refractivity contribution is 7.89. The number of aryl methyl sites for hydroxylation is 2. The molecule has 2 unspecified atom stereocenters. The smallest absolute Gasteiger partial charge is 0.262 e. The second-order valence-electron chi connectivity index (χ2n) is 7.82. The van der Waals surface area contributed by atoms with Gasteiger partial charge < -0.3 is 9.09 Å². The first-order chi connectivity index (χ1) is 13.9. The zero-order valence-electron chi connectivity index (χ0n) is 16.3. The van der Waals surface area contributed by atoms with E-state index < -0.39 is 10.0 Å². The molecule has 5 heterocycles. The molecule has 2 fully saturated rings. The maximum atomic E-state index is 13.2. The lowest BCUT2D eigenvalue weighted by molar-refractivity contribution is 0.201. The Morgan fingerprint density at radius 3 is 2.55 bits per heavy atom. The van der Waals surface area contributed by atoms with Crippen LogP contribution < -0.4 is 0 Å². The summed E-state index contributed by atoms with van der Waals surface area (Å²) in [5.41, 5.74) is 0.802. The van der Waals surface area contributed by atoms with Crippen LogP contribution in [-0.2, 0) is 17.1 Å². The van der Waals surface area contributed by atoms with E-state index >= 15 is 0 Å². The van der Waals surface area contributed by atoms with Gasteiger partial charge in [-0.25, -0.2) is 13.4 Å². The van der Waals surface area contributed by atoms with Crippen molar-refractivity contribution in [3.63, 3.8) is 0 Å². The zero-order chi connectivity index (χ0) is 20.2. The normalized spacial score (nSPS) is 24.8. The number of nitrogens with zero attached hydrogens (tertiary/aromatic N) is 6. The van der Waals surface area contributed by atoms with E-state index in [1.54, 1.807) is 41.4 Å². The Balaban J connectivity index is 1.39. The lowest BCUT2D eigenvalue weighted by atomic mass is 9.92. The Kier molecular flexibility index (Phi) is 4.28. The minimum Gasteiger partial charge on any atom is -0.339 e. The predicted octanol–water partition coefficient (Wildman–Crippen LogP) is 2.27. The van der Waals surface area contributed by atoms with Gasteiger partial charge in [-0.1, -0.05) is 5.16 Å². The van der Waals surface area contributed by atoms with E-state index in [0.717, 1.165) is 18.4 Å². The van der Waals surface area contributed by atoms with Gasteiger partial charge in [0.2, 0.25) is 11.7 Å². The Morgan fingerprint density at radius 2 is 1.93 bits per heavy atom. The standard InChI is InChI=1S/C19H22N6O3S/c1-12-21-17(11-24(12)2)29(26,27)25-15-5-6-16(25)9-14(8-15)19-22-18(23-28-19)13-4-3-7-20-10-13/h3-4,7,10-11,14-16H,5-6,8-9H2,1-2H3. The summed E-state index contributed by atoms with van der Waals surface area (Å²) in [6.45, 7) is 1.80. The van der Waals surface area contributed by atoms with E-state index in [1.165, 1.54) is 0 Å². The van der Waals surface area contributed by atoms with Crippen molar-refractivity contribution in [3.8, 4) is 11.4 Å². The molecule has 2 aliphatic rings. The summed E-state index contributed by atoms with van der Waals surface area (Å²) in [6.07, 6.45) is 8.02. The minimum atomic E-state index is -3.62. The van der Waals surface area contributed by atoms with Crippen LogP contribution >= 0.6 is 0 Å². The van der Waals surface area contributed by atoms with Gasteiger partial charge in [-0.2, -0.15) is 9.29 Å². The molecule has 3 aromatic heterocycles. The van der Waals surface area contributed by atoms with Crippen LogP contribution in [0.25, 0.3) is 11.4 Å². The molecule has 152 valence electrons. The van der Waals surface area contributed by atoms with Crippen LogP contribution in [0.5, 0.6) is 0 Å². The van der Waals surface area contributed by atoms with Crippen molar-refractivity contribution in [3.05, 3.63) is 42.4 Å². The largest absolute Gasteiger partial charge is 0.339 e. The molecule has 2 bridgehead atoms. The number of hydrogen-bond donors (Lipinski definition) is 0. The summed E-state index contributed by atoms with van der Waals surface area (Å²) >= 11 is 0. The quantitative estimate of drug-likeness (QED) is 0.644. The Hall–Kier alpha value is -2.59. The fourth-order valence-corrected chi connectivity index (χ4v) is 6.42. The fourth-order valence-electron chi connectivity index (χ4n) is 4.50. The molecule has 3 aromatic rings. The number of imidazole rings is 1. The maximum absolute atomic E-state index is 13.2. The van der Waals surface area contributed by atoms with Crippen molar-refractivity contribution >= 4 is 10.0 Å². The van der Waals surface area contributed by atoms with Gasteiger partial charge in [0.05, 0.1) is 0 Å². The molecule has 0 N–H and O–H groups in total. The van der Waals surface area contributed by atoms with Crippen LogP contribution in [0.3, 0.4) is 0 Å². The molecule has 0 aromatic carbocycles. The first-order valence-electron chi connectivity index (χ1n) is 9.71. The number of pyridine rings is 1. The van der Waals surface area contributed by atoms with E-state index in [4.69, 9.17) is 4.52 Å². The molecule has 0 amide bonds. The fraction of sp³-hybridized carbons (Fsp3) is 0.474. The van der Waals surface area contributed by atoms with Crippen LogP contribution in [-0.4, -0.2) is 49.5 Å². The molecule has 0 aliphatic carbocycles. The SMILES string of the molecule is Cc1nc(S(=O)(=O)N2C3CCC2CC(c2nc(-c4cccnc4)no2)C3)cn1C. The molecule has 29 heavy (non-hydrogen) atoms. The lowest BCUT2D eigenvalue weighted by Gasteiger charge is -2.36. The molecule has 0 saturated carbocycles. The van der Waals surface area contributed by atoms with Gasteiger partial charge >= 0.3 is 0 Å². The highest BCUT2D eigenvalue weighted by Crippen LogP contribution is 2.45. The number of sulfonamides is 1. The molecule has 9 nitrogen and oxygen atoms in total. The molecule has 0 radical (unpaired) electrons. The van der Waals surface area contributed by atoms with Gasteiger partial charge in [0.15, 0.2) is 5.03 Å². The number of piperidine rings is 1. The molecule has 0 spiro atoms. The Labute approximate surface area is 168 Å². The monoisotopic (exact) mass is 414 g/mol. The van der Waals surface area contributed by atoms with Crippen molar-refractivity contribution in [2.75, 3.05) is 0 Å². The second-order valence-corrected chi connectivity index (χ2v) is 9.61. The summed E-state index contributed by atoms with van der Waals surface area (Å²) in [5.74, 6) is 1.83. The summed E-state index contributed by atoms with van der Waals surface area (Å²) in [6, 6.07) is 3.57. The van der Waals surface area contributed by atoms with E-state index in [1.807, 2.05) is 12.1 Å². The highest BCUT2D eigenvalue weighted by atomic mass is 32.2. The average molecular weight is 414 g/mol. The van der Waals surface area contributed by atoms with Crippen molar-refractivity contribution in [2.24, 2.45) is 7.05 Å². The van der Waals surface area contributed by atoms with Crippen LogP contribution in [0.2, 0.25) is 0 Å². The molecule has 2 atom stereocenters. The zero-order valence-corrected chi connectivity index (χ0v) is 17.1. The highest BCUT2D eigenvalue weighted by Gasteiger charge is 2.49. The van der Waals surface area contributed by atoms with Crippen LogP contribution in [0.4, 0.5) is 0 Å². The first kappa shape index (κ1) is 18.4. The molecular formula is C19H22N6O3S. The van der Waals surface area contributed by atoms with Crippen LogP contribution in [0, 0.1) is 6.92 Å². The Morgan fingerprint density at radius 1 is 1.17 bits per heavy atom. The third kappa shape index (κ3) is 3.06. The van der Waals surface area contributed by atoms with Crippen molar-refractivity contribution < 1.29 is 12.9 Å². The second kappa shape index (κ2) is 6.74. The van der Waals surface area contributed by atoms with Gasteiger partial charge in [-0.3, -0.25) is 4.98 Å². The van der Waals surface area contributed by atoms with Gasteiger partial charge in [-0.05, 0) is 44.7 Å². The summed E-state index contributed by atoms with van der Waals surface area (Å²) in [5, 5.41) is 4.22. The third-order valence-corrected chi connectivity index (χ3v) is 7.88. The topological polar surface area (TPSA) is 107 Å². The molecule has 2 saturated heterocycles. The van der Waals surface area contributed by atoms with Gasteiger partial charge in [0, 0.05) is 49.2 Å². The number of hydrogen-bond acceptors (Lipinski definition) is 7. The van der Waals surface area contributed by atoms with E-state index in [-0.39, 0.29) is 23.0 Å². The van der Waals surface area contributed by atoms with Crippen molar-refractivity contribution in [2.45, 2.75) is 55.6 Å². The van der Waals surface area contributed by atoms with Gasteiger partial charge in [0.1, 0.15) is 5.82 Å². The van der Waals surface area contributed by atoms with E-state index in [9.17, 15) is 8.42 Å².